The molecule has 0 radical (unpaired) electrons. The Bertz CT molecular complexity index is 756. The fourth-order valence-electron chi connectivity index (χ4n) is 2.84. The first-order chi connectivity index (χ1) is 14.0. The maximum absolute atomic E-state index is 6.28. The molecule has 0 saturated carbocycles. The molecule has 0 fully saturated rings. The van der Waals surface area contributed by atoms with Crippen molar-refractivity contribution < 1.29 is 9.47 Å². The summed E-state index contributed by atoms with van der Waals surface area (Å²) in [4.78, 5) is 2.09. The zero-order valence-corrected chi connectivity index (χ0v) is 19.2. The monoisotopic (exact) mass is 454 g/mol. The Morgan fingerprint density at radius 3 is 2.38 bits per heavy atom. The zero-order chi connectivity index (χ0) is 21.1. The van der Waals surface area contributed by atoms with Gasteiger partial charge in [0.2, 0.25) is 0 Å². The van der Waals surface area contributed by atoms with E-state index >= 15 is 0 Å². The molecule has 0 unspecified atom stereocenters. The van der Waals surface area contributed by atoms with Crippen molar-refractivity contribution in [2.75, 3.05) is 26.3 Å². The Morgan fingerprint density at radius 2 is 1.76 bits per heavy atom. The van der Waals surface area contributed by atoms with Crippen molar-refractivity contribution in [3.05, 3.63) is 69.7 Å². The number of nitrogens with zero attached hydrogens (tertiary/aromatic N) is 1. The van der Waals surface area contributed by atoms with Gasteiger partial charge in [-0.05, 0) is 55.7 Å². The molecule has 4 nitrogen and oxygen atoms in total. The second-order valence-corrected chi connectivity index (χ2v) is 7.65. The molecule has 0 aliphatic heterocycles. The quantitative estimate of drug-likeness (QED) is 0.367. The van der Waals surface area contributed by atoms with Crippen LogP contribution in [0.1, 0.15) is 25.0 Å². The average molecular weight is 455 g/mol. The van der Waals surface area contributed by atoms with Gasteiger partial charge in [0.15, 0.2) is 11.4 Å². The molecule has 2 aromatic rings. The minimum absolute atomic E-state index is 0.334. The summed E-state index contributed by atoms with van der Waals surface area (Å²) in [5.41, 5.74) is 2.19. The Hall–Kier alpha value is -1.37. The van der Waals surface area contributed by atoms with Crippen LogP contribution < -0.4 is 5.32 Å². The third kappa shape index (κ3) is 8.49. The molecule has 0 bridgehead atoms. The summed E-state index contributed by atoms with van der Waals surface area (Å²) in [6.45, 7) is 6.90. The summed E-state index contributed by atoms with van der Waals surface area (Å²) in [5.74, 6) is 0. The lowest BCUT2D eigenvalue weighted by Gasteiger charge is -2.30. The van der Waals surface area contributed by atoms with Crippen LogP contribution in [0.4, 0.5) is 0 Å². The maximum atomic E-state index is 6.28. The molecule has 0 aromatic heterocycles. The first-order valence-electron chi connectivity index (χ1n) is 9.77. The number of nitrogens with one attached hydrogen (secondary N) is 1. The van der Waals surface area contributed by atoms with Crippen molar-refractivity contribution in [2.24, 2.45) is 0 Å². The molecule has 0 saturated heterocycles. The Kier molecular flexibility index (Phi) is 10.7. The van der Waals surface area contributed by atoms with Gasteiger partial charge < -0.3 is 19.7 Å². The molecular formula is C22H28Cl2N2O2S. The average Bonchev–Trinajstić information content (AvgIpc) is 2.71. The summed E-state index contributed by atoms with van der Waals surface area (Å²) in [6, 6.07) is 15.8. The predicted octanol–water partition coefficient (Wildman–Crippen LogP) is 5.31. The molecule has 158 valence electrons. The fraction of sp³-hybridized carbons (Fsp3) is 0.409. The molecule has 7 heteroatoms. The summed E-state index contributed by atoms with van der Waals surface area (Å²) in [7, 11) is 0. The molecular weight excluding hydrogens is 427 g/mol. The molecule has 0 aliphatic rings. The Labute approximate surface area is 189 Å². The van der Waals surface area contributed by atoms with Crippen LogP contribution in [-0.2, 0) is 22.4 Å². The summed E-state index contributed by atoms with van der Waals surface area (Å²) >= 11 is 17.9. The van der Waals surface area contributed by atoms with E-state index in [4.69, 9.17) is 44.9 Å². The molecule has 0 atom stereocenters. The van der Waals surface area contributed by atoms with Crippen molar-refractivity contribution in [3.8, 4) is 0 Å². The first-order valence-corrected chi connectivity index (χ1v) is 10.9. The lowest BCUT2D eigenvalue weighted by molar-refractivity contribution is -0.141. The van der Waals surface area contributed by atoms with Crippen molar-refractivity contribution in [3.63, 3.8) is 0 Å². The normalized spacial score (nSPS) is 10.9. The van der Waals surface area contributed by atoms with Crippen LogP contribution in [0, 0.1) is 0 Å². The first kappa shape index (κ1) is 23.9. The fourth-order valence-corrected chi connectivity index (χ4v) is 3.55. The van der Waals surface area contributed by atoms with Gasteiger partial charge in [-0.1, -0.05) is 59.6 Å². The molecule has 29 heavy (non-hydrogen) atoms. The number of thiocarbonyl (C=S) groups is 1. The lowest BCUT2D eigenvalue weighted by Crippen LogP contribution is -2.45. The van der Waals surface area contributed by atoms with E-state index in [1.807, 2.05) is 44.2 Å². The third-order valence-corrected chi connectivity index (χ3v) is 5.31. The van der Waals surface area contributed by atoms with Crippen LogP contribution in [0.5, 0.6) is 0 Å². The van der Waals surface area contributed by atoms with Gasteiger partial charge in [-0.3, -0.25) is 0 Å². The van der Waals surface area contributed by atoms with E-state index in [0.717, 1.165) is 18.5 Å². The molecule has 0 spiro atoms. The van der Waals surface area contributed by atoms with Gasteiger partial charge in [0.25, 0.3) is 0 Å². The highest BCUT2D eigenvalue weighted by atomic mass is 35.5. The highest BCUT2D eigenvalue weighted by Crippen LogP contribution is 2.20. The van der Waals surface area contributed by atoms with Crippen molar-refractivity contribution in [1.29, 1.82) is 0 Å². The molecule has 0 aliphatic carbocycles. The molecule has 2 aromatic carbocycles. The highest BCUT2D eigenvalue weighted by Gasteiger charge is 2.17. The van der Waals surface area contributed by atoms with E-state index in [1.165, 1.54) is 5.56 Å². The van der Waals surface area contributed by atoms with Crippen LogP contribution in [0.15, 0.2) is 48.5 Å². The number of halogens is 2. The van der Waals surface area contributed by atoms with E-state index in [2.05, 4.69) is 22.3 Å². The van der Waals surface area contributed by atoms with Crippen LogP contribution in [0.3, 0.4) is 0 Å². The van der Waals surface area contributed by atoms with Gasteiger partial charge in [-0.15, -0.1) is 0 Å². The third-order valence-electron chi connectivity index (χ3n) is 4.32. The Morgan fingerprint density at radius 1 is 1.07 bits per heavy atom. The van der Waals surface area contributed by atoms with Gasteiger partial charge in [-0.25, -0.2) is 0 Å². The zero-order valence-electron chi connectivity index (χ0n) is 16.9. The van der Waals surface area contributed by atoms with E-state index in [0.29, 0.717) is 41.5 Å². The van der Waals surface area contributed by atoms with Crippen molar-refractivity contribution >= 4 is 40.5 Å². The molecule has 2 rings (SSSR count). The van der Waals surface area contributed by atoms with Crippen LogP contribution in [0.25, 0.3) is 0 Å². The SMILES string of the molecule is CCOC(CN(CCc1ccccc1)C(=S)NCc1ccc(Cl)cc1Cl)OCC. The van der Waals surface area contributed by atoms with Crippen LogP contribution >= 0.6 is 35.4 Å². The van der Waals surface area contributed by atoms with Gasteiger partial charge in [0.05, 0.1) is 6.54 Å². The van der Waals surface area contributed by atoms with Gasteiger partial charge >= 0.3 is 0 Å². The van der Waals surface area contributed by atoms with E-state index in [-0.39, 0.29) is 6.29 Å². The summed E-state index contributed by atoms with van der Waals surface area (Å²) in [6.07, 6.45) is 0.537. The van der Waals surface area contributed by atoms with Gasteiger partial charge in [-0.2, -0.15) is 0 Å². The summed E-state index contributed by atoms with van der Waals surface area (Å²) in [5, 5.41) is 5.17. The standard InChI is InChI=1S/C22H28Cl2N2O2S/c1-3-27-21(28-4-2)16-26(13-12-17-8-6-5-7-9-17)22(29)25-15-18-10-11-19(23)14-20(18)24/h5-11,14,21H,3-4,12-13,15-16H2,1-2H3,(H,25,29). The van der Waals surface area contributed by atoms with E-state index in [9.17, 15) is 0 Å². The van der Waals surface area contributed by atoms with Gasteiger partial charge in [0.1, 0.15) is 0 Å². The number of rotatable bonds is 11. The smallest absolute Gasteiger partial charge is 0.174 e. The molecule has 0 amide bonds. The number of ether oxygens (including phenoxy) is 2. The number of hydrogen-bond acceptors (Lipinski definition) is 3. The summed E-state index contributed by atoms with van der Waals surface area (Å²) < 4.78 is 11.4. The highest BCUT2D eigenvalue weighted by molar-refractivity contribution is 7.80. The van der Waals surface area contributed by atoms with Crippen molar-refractivity contribution in [2.45, 2.75) is 33.1 Å². The van der Waals surface area contributed by atoms with Crippen LogP contribution in [-0.4, -0.2) is 42.6 Å². The minimum atomic E-state index is -0.334. The predicted molar refractivity (Wildman–Crippen MR) is 125 cm³/mol. The van der Waals surface area contributed by atoms with Crippen LogP contribution in [0.2, 0.25) is 10.0 Å². The van der Waals surface area contributed by atoms with E-state index < -0.39 is 0 Å². The maximum Gasteiger partial charge on any atom is 0.174 e. The Balaban J connectivity index is 2.03. The topological polar surface area (TPSA) is 33.7 Å². The molecule has 0 heterocycles. The lowest BCUT2D eigenvalue weighted by atomic mass is 10.1. The minimum Gasteiger partial charge on any atom is -0.358 e. The van der Waals surface area contributed by atoms with Crippen molar-refractivity contribution in [1.82, 2.24) is 10.2 Å². The second kappa shape index (κ2) is 13.0. The number of hydrogen-bond donors (Lipinski definition) is 1. The number of benzene rings is 2. The van der Waals surface area contributed by atoms with E-state index in [1.54, 1.807) is 6.07 Å². The largest absolute Gasteiger partial charge is 0.358 e. The second-order valence-electron chi connectivity index (χ2n) is 6.42. The molecule has 1 N–H and O–H groups in total. The van der Waals surface area contributed by atoms with Gasteiger partial charge in [0, 0.05) is 36.3 Å².